The Bertz CT molecular complexity index is 367. The van der Waals surface area contributed by atoms with Crippen molar-refractivity contribution in [3.8, 4) is 0 Å². The molecule has 0 saturated carbocycles. The van der Waals surface area contributed by atoms with E-state index in [0.29, 0.717) is 5.92 Å². The van der Waals surface area contributed by atoms with Gasteiger partial charge in [0.05, 0.1) is 5.69 Å². The highest BCUT2D eigenvalue weighted by Crippen LogP contribution is 2.28. The maximum Gasteiger partial charge on any atom is 0.0657 e. The Morgan fingerprint density at radius 3 is 2.53 bits per heavy atom. The molecule has 1 rings (SSSR count). The van der Waals surface area contributed by atoms with Crippen LogP contribution in [0.5, 0.6) is 0 Å². The van der Waals surface area contributed by atoms with Crippen molar-refractivity contribution in [3.05, 3.63) is 28.8 Å². The van der Waals surface area contributed by atoms with Gasteiger partial charge in [0.1, 0.15) is 0 Å². The van der Waals surface area contributed by atoms with Crippen LogP contribution in [-0.4, -0.2) is 6.21 Å². The first-order valence-corrected chi connectivity index (χ1v) is 5.72. The second-order valence-electron chi connectivity index (χ2n) is 4.23. The summed E-state index contributed by atoms with van der Waals surface area (Å²) in [5.41, 5.74) is 5.27. The number of hydrogen-bond donors (Lipinski definition) is 0. The number of nitrogens with zero attached hydrogens (tertiary/aromatic N) is 1. The van der Waals surface area contributed by atoms with Gasteiger partial charge >= 0.3 is 0 Å². The minimum atomic E-state index is 0. The topological polar surface area (TPSA) is 12.4 Å². The van der Waals surface area contributed by atoms with Gasteiger partial charge in [-0.3, -0.25) is 4.99 Å². The molecule has 1 aromatic carbocycles. The molecule has 0 amide bonds. The molecule has 1 nitrogen and oxygen atoms in total. The van der Waals surface area contributed by atoms with Crippen molar-refractivity contribution in [1.29, 1.82) is 0 Å². The van der Waals surface area contributed by atoms with Crippen LogP contribution < -0.4 is 0 Å². The van der Waals surface area contributed by atoms with Crippen LogP contribution in [0.25, 0.3) is 0 Å². The number of aliphatic imine (C=N–C) groups is 1. The first kappa shape index (κ1) is 12.0. The summed E-state index contributed by atoms with van der Waals surface area (Å²) < 4.78 is 0. The fraction of sp³-hybridized carbons (Fsp3) is 0.500. The van der Waals surface area contributed by atoms with E-state index in [4.69, 9.17) is 0 Å². The molecule has 0 fully saturated rings. The highest BCUT2D eigenvalue weighted by atomic mass is 14.7. The third kappa shape index (κ3) is 2.68. The van der Waals surface area contributed by atoms with Crippen LogP contribution in [0.2, 0.25) is 0 Å². The molecule has 1 heteroatoms. The Hall–Kier alpha value is -1.11. The maximum atomic E-state index is 4.40. The van der Waals surface area contributed by atoms with Crippen LogP contribution in [0, 0.1) is 6.92 Å². The second-order valence-corrected chi connectivity index (χ2v) is 4.23. The predicted octanol–water partition coefficient (Wildman–Crippen LogP) is 4.65. The molecule has 0 aliphatic heterocycles. The van der Waals surface area contributed by atoms with Gasteiger partial charge in [-0.05, 0) is 48.9 Å². The van der Waals surface area contributed by atoms with Gasteiger partial charge < -0.3 is 0 Å². The lowest BCUT2D eigenvalue weighted by atomic mass is 9.93. The Morgan fingerprint density at radius 1 is 1.40 bits per heavy atom. The van der Waals surface area contributed by atoms with Crippen molar-refractivity contribution in [1.82, 2.24) is 0 Å². The van der Waals surface area contributed by atoms with E-state index in [9.17, 15) is 0 Å². The van der Waals surface area contributed by atoms with Gasteiger partial charge in [0.2, 0.25) is 0 Å². The van der Waals surface area contributed by atoms with Crippen molar-refractivity contribution in [2.24, 2.45) is 4.99 Å². The summed E-state index contributed by atoms with van der Waals surface area (Å²) in [4.78, 5) is 4.40. The molecular weight excluding hydrogens is 182 g/mol. The molecule has 0 spiro atoms. The largest absolute Gasteiger partial charge is 0.261 e. The third-order valence-electron chi connectivity index (χ3n) is 2.73. The van der Waals surface area contributed by atoms with Crippen molar-refractivity contribution >= 4 is 11.9 Å². The molecule has 0 atom stereocenters. The van der Waals surface area contributed by atoms with E-state index in [1.54, 1.807) is 0 Å². The molecule has 1 aromatic rings. The van der Waals surface area contributed by atoms with E-state index in [-0.39, 0.29) is 1.43 Å². The number of hydrogen-bond acceptors (Lipinski definition) is 1. The predicted molar refractivity (Wildman–Crippen MR) is 70.6 cm³/mol. The van der Waals surface area contributed by atoms with Gasteiger partial charge in [-0.25, -0.2) is 0 Å². The molecule has 0 aromatic heterocycles. The molecule has 0 N–H and O–H groups in total. The summed E-state index contributed by atoms with van der Waals surface area (Å²) in [5, 5.41) is 0. The normalized spacial score (nSPS) is 11.6. The average Bonchev–Trinajstić information content (AvgIpc) is 2.20. The van der Waals surface area contributed by atoms with Crippen LogP contribution in [0.15, 0.2) is 17.1 Å². The zero-order valence-corrected chi connectivity index (χ0v) is 10.5. The summed E-state index contributed by atoms with van der Waals surface area (Å²) in [6.45, 7) is 10.8. The molecule has 0 radical (unpaired) electrons. The minimum Gasteiger partial charge on any atom is -0.261 e. The molecule has 0 unspecified atom stereocenters. The van der Waals surface area contributed by atoms with Gasteiger partial charge in [0, 0.05) is 7.64 Å². The van der Waals surface area contributed by atoms with Gasteiger partial charge in [-0.2, -0.15) is 0 Å². The van der Waals surface area contributed by atoms with Crippen molar-refractivity contribution in [3.63, 3.8) is 0 Å². The van der Waals surface area contributed by atoms with E-state index in [0.717, 1.165) is 12.1 Å². The quantitative estimate of drug-likeness (QED) is 0.637. The number of aryl methyl sites for hydroxylation is 2. The molecule has 0 aliphatic carbocycles. The van der Waals surface area contributed by atoms with Crippen LogP contribution in [0.4, 0.5) is 5.69 Å². The van der Waals surface area contributed by atoms with Gasteiger partial charge in [-0.1, -0.05) is 26.8 Å². The minimum absolute atomic E-state index is 0. The average molecular weight is 205 g/mol. The van der Waals surface area contributed by atoms with Gasteiger partial charge in [0.15, 0.2) is 0 Å². The molecule has 0 bridgehead atoms. The summed E-state index contributed by atoms with van der Waals surface area (Å²) >= 11 is 0. The standard InChI is InChI=1S/C14H21N.H2/c1-6-12-8-11(5)14(15-7-2)9-13(12)10(3)4;/h7-10H,6H2,1-5H3;1H. The zero-order chi connectivity index (χ0) is 11.4. The molecule has 15 heavy (non-hydrogen) atoms. The number of benzene rings is 1. The zero-order valence-electron chi connectivity index (χ0n) is 10.5. The molecule has 0 heterocycles. The molecule has 0 aliphatic rings. The SMILES string of the molecule is CC=Nc1cc(C(C)C)c(CC)cc1C.[HH]. The molecule has 0 saturated heterocycles. The van der Waals surface area contributed by atoms with Crippen LogP contribution in [0.3, 0.4) is 0 Å². The van der Waals surface area contributed by atoms with E-state index < -0.39 is 0 Å². The van der Waals surface area contributed by atoms with E-state index in [1.807, 2.05) is 13.1 Å². The van der Waals surface area contributed by atoms with Gasteiger partial charge in [0.25, 0.3) is 0 Å². The molecule has 84 valence electrons. The highest BCUT2D eigenvalue weighted by molar-refractivity contribution is 5.63. The smallest absolute Gasteiger partial charge is 0.0657 e. The van der Waals surface area contributed by atoms with Crippen LogP contribution in [0.1, 0.15) is 51.7 Å². The first-order valence-electron chi connectivity index (χ1n) is 5.72. The molecular formula is C14H23N. The monoisotopic (exact) mass is 205 g/mol. The summed E-state index contributed by atoms with van der Waals surface area (Å²) in [5.74, 6) is 0.575. The second kappa shape index (κ2) is 5.11. The highest BCUT2D eigenvalue weighted by Gasteiger charge is 2.08. The number of rotatable bonds is 3. The first-order chi connectivity index (χ1) is 7.10. The van der Waals surface area contributed by atoms with Crippen LogP contribution in [-0.2, 0) is 6.42 Å². The van der Waals surface area contributed by atoms with Crippen molar-refractivity contribution in [2.45, 2.75) is 47.0 Å². The Morgan fingerprint density at radius 2 is 2.07 bits per heavy atom. The Kier molecular flexibility index (Phi) is 4.07. The van der Waals surface area contributed by atoms with Gasteiger partial charge in [-0.15, -0.1) is 0 Å². The lowest BCUT2D eigenvalue weighted by Gasteiger charge is -2.14. The summed E-state index contributed by atoms with van der Waals surface area (Å²) in [7, 11) is 0. The summed E-state index contributed by atoms with van der Waals surface area (Å²) in [6, 6.07) is 4.51. The van der Waals surface area contributed by atoms with Crippen LogP contribution >= 0.6 is 0 Å². The van der Waals surface area contributed by atoms with E-state index in [2.05, 4.69) is 44.8 Å². The fourth-order valence-electron chi connectivity index (χ4n) is 1.89. The Balaban J connectivity index is 0.00000225. The lowest BCUT2D eigenvalue weighted by molar-refractivity contribution is 0.843. The third-order valence-corrected chi connectivity index (χ3v) is 2.73. The van der Waals surface area contributed by atoms with E-state index in [1.165, 1.54) is 16.7 Å². The maximum absolute atomic E-state index is 4.40. The van der Waals surface area contributed by atoms with Crippen molar-refractivity contribution in [2.75, 3.05) is 0 Å². The van der Waals surface area contributed by atoms with E-state index >= 15 is 0 Å². The summed E-state index contributed by atoms with van der Waals surface area (Å²) in [6.07, 6.45) is 2.96. The fourth-order valence-corrected chi connectivity index (χ4v) is 1.89. The lowest BCUT2D eigenvalue weighted by Crippen LogP contribution is -1.96. The Labute approximate surface area is 94.7 Å². The van der Waals surface area contributed by atoms with Crippen molar-refractivity contribution < 1.29 is 1.43 Å².